The maximum absolute atomic E-state index is 5.67. The second-order valence-corrected chi connectivity index (χ2v) is 8.95. The van der Waals surface area contributed by atoms with E-state index < -0.39 is 8.32 Å². The second kappa shape index (κ2) is 5.54. The molecule has 3 heteroatoms. The molecule has 0 spiro atoms. The van der Waals surface area contributed by atoms with Gasteiger partial charge in [0.15, 0.2) is 8.32 Å². The van der Waals surface area contributed by atoms with Gasteiger partial charge in [0.05, 0.1) is 0 Å². The van der Waals surface area contributed by atoms with Gasteiger partial charge in [-0.1, -0.05) is 22.6 Å². The predicted molar refractivity (Wildman–Crippen MR) is 57.4 cm³/mol. The smallest absolute Gasteiger partial charge is 0.183 e. The van der Waals surface area contributed by atoms with Crippen LogP contribution in [0.15, 0.2) is 0 Å². The first-order valence-electron chi connectivity index (χ1n) is 3.76. The van der Waals surface area contributed by atoms with Crippen LogP contribution >= 0.6 is 22.6 Å². The number of halogens is 1. The number of unbranched alkanes of at least 4 members (excludes halogenated alkanes) is 1. The van der Waals surface area contributed by atoms with Crippen molar-refractivity contribution in [3.05, 3.63) is 0 Å². The molecule has 0 atom stereocenters. The molecule has 0 fully saturated rings. The van der Waals surface area contributed by atoms with Gasteiger partial charge in [-0.25, -0.2) is 0 Å². The molecule has 0 unspecified atom stereocenters. The van der Waals surface area contributed by atoms with Gasteiger partial charge >= 0.3 is 0 Å². The fourth-order valence-corrected chi connectivity index (χ4v) is 1.87. The highest BCUT2D eigenvalue weighted by molar-refractivity contribution is 14.1. The Morgan fingerprint density at radius 2 is 1.80 bits per heavy atom. The Hall–Kier alpha value is 0.907. The molecule has 0 rings (SSSR count). The van der Waals surface area contributed by atoms with Crippen molar-refractivity contribution < 1.29 is 4.43 Å². The van der Waals surface area contributed by atoms with Crippen molar-refractivity contribution in [3.63, 3.8) is 0 Å². The Bertz CT molecular complexity index is 80.2. The lowest BCUT2D eigenvalue weighted by atomic mass is 10.4. The summed E-state index contributed by atoms with van der Waals surface area (Å²) in [4.78, 5) is 0. The van der Waals surface area contributed by atoms with E-state index in [9.17, 15) is 0 Å². The summed E-state index contributed by atoms with van der Waals surface area (Å²) in [6.45, 7) is 7.67. The Labute approximate surface area is 78.8 Å². The highest BCUT2D eigenvalue weighted by atomic mass is 127. The van der Waals surface area contributed by atoms with Gasteiger partial charge in [0.1, 0.15) is 0 Å². The molecule has 0 aliphatic rings. The Balaban J connectivity index is 3.04. The Kier molecular flexibility index (Phi) is 6.05. The lowest BCUT2D eigenvalue weighted by Crippen LogP contribution is -2.25. The molecule has 0 aromatic carbocycles. The van der Waals surface area contributed by atoms with Gasteiger partial charge in [-0.05, 0) is 36.9 Å². The van der Waals surface area contributed by atoms with Crippen molar-refractivity contribution in [2.75, 3.05) is 11.0 Å². The van der Waals surface area contributed by atoms with Crippen molar-refractivity contribution >= 4 is 30.9 Å². The van der Waals surface area contributed by atoms with Gasteiger partial charge in [0.25, 0.3) is 0 Å². The summed E-state index contributed by atoms with van der Waals surface area (Å²) < 4.78 is 6.92. The van der Waals surface area contributed by atoms with Crippen molar-refractivity contribution in [3.8, 4) is 0 Å². The van der Waals surface area contributed by atoms with Gasteiger partial charge in [-0.15, -0.1) is 0 Å². The van der Waals surface area contributed by atoms with Gasteiger partial charge < -0.3 is 4.43 Å². The first kappa shape index (κ1) is 10.9. The van der Waals surface area contributed by atoms with E-state index in [0.717, 1.165) is 6.61 Å². The quantitative estimate of drug-likeness (QED) is 0.323. The SMILES string of the molecule is C[Si](C)(C)OCCCCI. The maximum atomic E-state index is 5.67. The van der Waals surface area contributed by atoms with Crippen LogP contribution in [-0.2, 0) is 4.43 Å². The molecule has 0 aromatic rings. The lowest BCUT2D eigenvalue weighted by molar-refractivity contribution is 0.304. The summed E-state index contributed by atoms with van der Waals surface area (Å²) in [7, 11) is -1.21. The second-order valence-electron chi connectivity index (χ2n) is 3.36. The van der Waals surface area contributed by atoms with Gasteiger partial charge in [-0.2, -0.15) is 0 Å². The Morgan fingerprint density at radius 3 is 2.20 bits per heavy atom. The summed E-state index contributed by atoms with van der Waals surface area (Å²) >= 11 is 2.40. The fourth-order valence-electron chi connectivity index (χ4n) is 0.575. The average Bonchev–Trinajstić information content (AvgIpc) is 1.78. The molecule has 10 heavy (non-hydrogen) atoms. The molecule has 1 nitrogen and oxygen atoms in total. The topological polar surface area (TPSA) is 9.23 Å². The fraction of sp³-hybridized carbons (Fsp3) is 1.00. The van der Waals surface area contributed by atoms with Crippen LogP contribution in [-0.4, -0.2) is 19.4 Å². The highest BCUT2D eigenvalue weighted by Crippen LogP contribution is 2.04. The number of alkyl halides is 1. The van der Waals surface area contributed by atoms with E-state index in [1.54, 1.807) is 0 Å². The molecule has 0 heterocycles. The van der Waals surface area contributed by atoms with Crippen LogP contribution in [0.2, 0.25) is 19.6 Å². The monoisotopic (exact) mass is 272 g/mol. The van der Waals surface area contributed by atoms with Crippen LogP contribution in [0.25, 0.3) is 0 Å². The van der Waals surface area contributed by atoms with Crippen molar-refractivity contribution in [1.29, 1.82) is 0 Å². The Morgan fingerprint density at radius 1 is 1.20 bits per heavy atom. The number of hydrogen-bond donors (Lipinski definition) is 0. The zero-order valence-electron chi connectivity index (χ0n) is 7.11. The van der Waals surface area contributed by atoms with Crippen molar-refractivity contribution in [2.24, 2.45) is 0 Å². The van der Waals surface area contributed by atoms with E-state index in [0.29, 0.717) is 0 Å². The van der Waals surface area contributed by atoms with Crippen molar-refractivity contribution in [1.82, 2.24) is 0 Å². The third-order valence-electron chi connectivity index (χ3n) is 1.06. The third-order valence-corrected chi connectivity index (χ3v) is 2.90. The summed E-state index contributed by atoms with van der Waals surface area (Å²) in [5, 5.41) is 0. The predicted octanol–water partition coefficient (Wildman–Crippen LogP) is 3.05. The van der Waals surface area contributed by atoms with Crippen LogP contribution in [0.4, 0.5) is 0 Å². The number of hydrogen-bond acceptors (Lipinski definition) is 1. The maximum Gasteiger partial charge on any atom is 0.183 e. The molecule has 0 N–H and O–H groups in total. The highest BCUT2D eigenvalue weighted by Gasteiger charge is 2.12. The standard InChI is InChI=1S/C7H17IOSi/c1-10(2,3)9-7-5-4-6-8/h4-7H2,1-3H3. The molecular formula is C7H17IOSi. The summed E-state index contributed by atoms with van der Waals surface area (Å²) in [5.74, 6) is 0. The lowest BCUT2D eigenvalue weighted by Gasteiger charge is -2.16. The third kappa shape index (κ3) is 8.91. The molecule has 0 radical (unpaired) electrons. The summed E-state index contributed by atoms with van der Waals surface area (Å²) in [6, 6.07) is 0. The van der Waals surface area contributed by atoms with E-state index >= 15 is 0 Å². The molecule has 0 saturated heterocycles. The summed E-state index contributed by atoms with van der Waals surface area (Å²) in [6.07, 6.45) is 2.53. The molecule has 0 aromatic heterocycles. The van der Waals surface area contributed by atoms with Crippen LogP contribution in [0.3, 0.4) is 0 Å². The molecule has 0 aliphatic carbocycles. The largest absolute Gasteiger partial charge is 0.418 e. The van der Waals surface area contributed by atoms with E-state index in [2.05, 4.69) is 42.2 Å². The van der Waals surface area contributed by atoms with Gasteiger partial charge in [0.2, 0.25) is 0 Å². The first-order chi connectivity index (χ1) is 4.56. The molecule has 62 valence electrons. The van der Waals surface area contributed by atoms with Crippen LogP contribution in [0, 0.1) is 0 Å². The molecular weight excluding hydrogens is 255 g/mol. The van der Waals surface area contributed by atoms with E-state index in [1.807, 2.05) is 0 Å². The average molecular weight is 272 g/mol. The molecule has 0 saturated carbocycles. The van der Waals surface area contributed by atoms with Crippen LogP contribution < -0.4 is 0 Å². The minimum absolute atomic E-state index is 0.971. The zero-order valence-corrected chi connectivity index (χ0v) is 10.3. The molecule has 0 amide bonds. The van der Waals surface area contributed by atoms with Crippen LogP contribution in [0.1, 0.15) is 12.8 Å². The van der Waals surface area contributed by atoms with Crippen LogP contribution in [0.5, 0.6) is 0 Å². The van der Waals surface area contributed by atoms with E-state index in [1.165, 1.54) is 17.3 Å². The zero-order chi connectivity index (χ0) is 8.04. The molecule has 0 bridgehead atoms. The van der Waals surface area contributed by atoms with Gasteiger partial charge in [0, 0.05) is 6.61 Å². The van der Waals surface area contributed by atoms with E-state index in [4.69, 9.17) is 4.43 Å². The number of rotatable bonds is 5. The minimum Gasteiger partial charge on any atom is -0.418 e. The normalized spacial score (nSPS) is 12.0. The molecule has 0 aliphatic heterocycles. The van der Waals surface area contributed by atoms with Gasteiger partial charge in [-0.3, -0.25) is 0 Å². The summed E-state index contributed by atoms with van der Waals surface area (Å²) in [5.41, 5.74) is 0. The van der Waals surface area contributed by atoms with Crippen molar-refractivity contribution in [2.45, 2.75) is 32.5 Å². The first-order valence-corrected chi connectivity index (χ1v) is 8.69. The minimum atomic E-state index is -1.21. The van der Waals surface area contributed by atoms with E-state index in [-0.39, 0.29) is 0 Å².